The number of piperidine rings is 1. The van der Waals surface area contributed by atoms with Gasteiger partial charge in [-0.15, -0.1) is 0 Å². The number of carboxylic acids is 1. The Balaban J connectivity index is 1.94. The third-order valence-corrected chi connectivity index (χ3v) is 4.53. The first-order valence-electron chi connectivity index (χ1n) is 8.49. The van der Waals surface area contributed by atoms with Gasteiger partial charge in [-0.1, -0.05) is 36.8 Å². The molecule has 3 rings (SSSR count). The molecule has 1 N–H and O–H groups in total. The molecule has 1 atom stereocenters. The van der Waals surface area contributed by atoms with Crippen LogP contribution in [-0.4, -0.2) is 34.1 Å². The predicted molar refractivity (Wildman–Crippen MR) is 94.2 cm³/mol. The molecule has 0 spiro atoms. The van der Waals surface area contributed by atoms with Crippen molar-refractivity contribution < 1.29 is 9.90 Å². The SMILES string of the molecule is CCc1cc(N2CCCC(C(=O)O)C2)nc(-c2ccc(C)cc2)n1. The van der Waals surface area contributed by atoms with Crippen molar-refractivity contribution in [3.8, 4) is 11.4 Å². The van der Waals surface area contributed by atoms with Gasteiger partial charge in [0, 0.05) is 30.4 Å². The van der Waals surface area contributed by atoms with E-state index in [-0.39, 0.29) is 5.92 Å². The number of hydrogen-bond acceptors (Lipinski definition) is 4. The standard InChI is InChI=1S/C19H23N3O2/c1-3-16-11-17(22-10-4-5-15(12-22)19(23)24)21-18(20-16)14-8-6-13(2)7-9-14/h6-9,11,15H,3-5,10,12H2,1-2H3,(H,23,24). The zero-order valence-corrected chi connectivity index (χ0v) is 14.2. The second-order valence-electron chi connectivity index (χ2n) is 6.38. The minimum atomic E-state index is -0.719. The number of aromatic nitrogens is 2. The summed E-state index contributed by atoms with van der Waals surface area (Å²) < 4.78 is 0. The summed E-state index contributed by atoms with van der Waals surface area (Å²) in [5.74, 6) is 0.509. The largest absolute Gasteiger partial charge is 0.481 e. The van der Waals surface area contributed by atoms with Crippen molar-refractivity contribution in [3.05, 3.63) is 41.6 Å². The molecular weight excluding hydrogens is 302 g/mol. The quantitative estimate of drug-likeness (QED) is 0.934. The first-order chi connectivity index (χ1) is 11.6. The molecule has 5 nitrogen and oxygen atoms in total. The molecule has 0 radical (unpaired) electrons. The third-order valence-electron chi connectivity index (χ3n) is 4.53. The fraction of sp³-hybridized carbons (Fsp3) is 0.421. The molecule has 0 saturated carbocycles. The monoisotopic (exact) mass is 325 g/mol. The van der Waals surface area contributed by atoms with E-state index in [0.29, 0.717) is 12.4 Å². The van der Waals surface area contributed by atoms with E-state index in [4.69, 9.17) is 4.98 Å². The summed E-state index contributed by atoms with van der Waals surface area (Å²) in [6, 6.07) is 10.2. The fourth-order valence-electron chi connectivity index (χ4n) is 3.04. The maximum absolute atomic E-state index is 11.3. The normalized spacial score (nSPS) is 17.8. The molecule has 0 aliphatic carbocycles. The van der Waals surface area contributed by atoms with Gasteiger partial charge in [-0.2, -0.15) is 0 Å². The smallest absolute Gasteiger partial charge is 0.308 e. The highest BCUT2D eigenvalue weighted by atomic mass is 16.4. The van der Waals surface area contributed by atoms with Crippen molar-refractivity contribution in [3.63, 3.8) is 0 Å². The molecule has 1 aromatic heterocycles. The lowest BCUT2D eigenvalue weighted by Crippen LogP contribution is -2.39. The second-order valence-corrected chi connectivity index (χ2v) is 6.38. The Morgan fingerprint density at radius 1 is 1.29 bits per heavy atom. The molecule has 1 aromatic carbocycles. The van der Waals surface area contributed by atoms with Crippen molar-refractivity contribution >= 4 is 11.8 Å². The van der Waals surface area contributed by atoms with Gasteiger partial charge in [0.05, 0.1) is 5.92 Å². The van der Waals surface area contributed by atoms with Gasteiger partial charge in [-0.3, -0.25) is 4.79 Å². The van der Waals surface area contributed by atoms with Crippen LogP contribution in [0, 0.1) is 12.8 Å². The van der Waals surface area contributed by atoms with Crippen LogP contribution in [0.1, 0.15) is 31.0 Å². The van der Waals surface area contributed by atoms with Crippen molar-refractivity contribution in [1.29, 1.82) is 0 Å². The average molecular weight is 325 g/mol. The minimum Gasteiger partial charge on any atom is -0.481 e. The Kier molecular flexibility index (Phi) is 4.79. The molecule has 1 fully saturated rings. The Labute approximate surface area is 142 Å². The summed E-state index contributed by atoms with van der Waals surface area (Å²) in [5, 5.41) is 9.30. The van der Waals surface area contributed by atoms with Gasteiger partial charge in [0.25, 0.3) is 0 Å². The topological polar surface area (TPSA) is 66.3 Å². The lowest BCUT2D eigenvalue weighted by molar-refractivity contribution is -0.141. The van der Waals surface area contributed by atoms with E-state index < -0.39 is 5.97 Å². The summed E-state index contributed by atoms with van der Waals surface area (Å²) >= 11 is 0. The molecule has 24 heavy (non-hydrogen) atoms. The first kappa shape index (κ1) is 16.4. The van der Waals surface area contributed by atoms with Gasteiger partial charge in [-0.05, 0) is 26.2 Å². The van der Waals surface area contributed by atoms with Crippen LogP contribution in [0.25, 0.3) is 11.4 Å². The van der Waals surface area contributed by atoms with Crippen LogP contribution in [0.4, 0.5) is 5.82 Å². The maximum Gasteiger partial charge on any atom is 0.308 e. The number of anilines is 1. The van der Waals surface area contributed by atoms with Gasteiger partial charge in [0.2, 0.25) is 0 Å². The van der Waals surface area contributed by atoms with Gasteiger partial charge in [0.15, 0.2) is 5.82 Å². The predicted octanol–water partition coefficient (Wildman–Crippen LogP) is 3.32. The summed E-state index contributed by atoms with van der Waals surface area (Å²) in [6.45, 7) is 5.49. The molecule has 1 aliphatic heterocycles. The molecule has 0 amide bonds. The number of aryl methyl sites for hydroxylation is 2. The Hall–Kier alpha value is -2.43. The summed E-state index contributed by atoms with van der Waals surface area (Å²) in [5.41, 5.74) is 3.17. The van der Waals surface area contributed by atoms with E-state index in [9.17, 15) is 9.90 Å². The molecule has 1 saturated heterocycles. The lowest BCUT2D eigenvalue weighted by atomic mass is 9.98. The highest BCUT2D eigenvalue weighted by Gasteiger charge is 2.26. The number of nitrogens with zero attached hydrogens (tertiary/aromatic N) is 3. The van der Waals surface area contributed by atoms with Crippen molar-refractivity contribution in [2.45, 2.75) is 33.1 Å². The van der Waals surface area contributed by atoms with E-state index in [1.165, 1.54) is 5.56 Å². The van der Waals surface area contributed by atoms with Gasteiger partial charge in [-0.25, -0.2) is 9.97 Å². The zero-order valence-electron chi connectivity index (χ0n) is 14.2. The van der Waals surface area contributed by atoms with Crippen LogP contribution in [0.3, 0.4) is 0 Å². The highest BCUT2D eigenvalue weighted by Crippen LogP contribution is 2.25. The first-order valence-corrected chi connectivity index (χ1v) is 8.49. The maximum atomic E-state index is 11.3. The molecular formula is C19H23N3O2. The fourth-order valence-corrected chi connectivity index (χ4v) is 3.04. The number of rotatable bonds is 4. The van der Waals surface area contributed by atoms with Gasteiger partial charge in [0.1, 0.15) is 5.82 Å². The van der Waals surface area contributed by atoms with E-state index in [0.717, 1.165) is 42.9 Å². The lowest BCUT2D eigenvalue weighted by Gasteiger charge is -2.32. The van der Waals surface area contributed by atoms with E-state index >= 15 is 0 Å². The number of carboxylic acid groups (broad SMARTS) is 1. The Bertz CT molecular complexity index is 728. The number of hydrogen-bond donors (Lipinski definition) is 1. The molecule has 126 valence electrons. The van der Waals surface area contributed by atoms with Crippen molar-refractivity contribution in [2.75, 3.05) is 18.0 Å². The average Bonchev–Trinajstić information content (AvgIpc) is 2.62. The van der Waals surface area contributed by atoms with Crippen LogP contribution < -0.4 is 4.90 Å². The summed E-state index contributed by atoms with van der Waals surface area (Å²) in [6.07, 6.45) is 2.44. The summed E-state index contributed by atoms with van der Waals surface area (Å²) in [4.78, 5) is 22.8. The number of carbonyl (C=O) groups is 1. The van der Waals surface area contributed by atoms with Gasteiger partial charge >= 0.3 is 5.97 Å². The molecule has 1 aliphatic rings. The number of aliphatic carboxylic acids is 1. The van der Waals surface area contributed by atoms with Crippen molar-refractivity contribution in [1.82, 2.24) is 9.97 Å². The van der Waals surface area contributed by atoms with E-state index in [2.05, 4.69) is 35.9 Å². The van der Waals surface area contributed by atoms with Crippen LogP contribution in [0.2, 0.25) is 0 Å². The van der Waals surface area contributed by atoms with Gasteiger partial charge < -0.3 is 10.0 Å². The number of benzene rings is 1. The van der Waals surface area contributed by atoms with Crippen LogP contribution in [-0.2, 0) is 11.2 Å². The third kappa shape index (κ3) is 3.55. The molecule has 2 aromatic rings. The minimum absolute atomic E-state index is 0.318. The molecule has 1 unspecified atom stereocenters. The van der Waals surface area contributed by atoms with Crippen LogP contribution in [0.5, 0.6) is 0 Å². The van der Waals surface area contributed by atoms with E-state index in [1.807, 2.05) is 18.2 Å². The van der Waals surface area contributed by atoms with Crippen LogP contribution in [0.15, 0.2) is 30.3 Å². The highest BCUT2D eigenvalue weighted by molar-refractivity contribution is 5.71. The molecule has 5 heteroatoms. The summed E-state index contributed by atoms with van der Waals surface area (Å²) in [7, 11) is 0. The Morgan fingerprint density at radius 3 is 2.71 bits per heavy atom. The zero-order chi connectivity index (χ0) is 17.1. The Morgan fingerprint density at radius 2 is 2.04 bits per heavy atom. The van der Waals surface area contributed by atoms with Crippen molar-refractivity contribution in [2.24, 2.45) is 5.92 Å². The second kappa shape index (κ2) is 6.99. The molecule has 2 heterocycles. The molecule has 0 bridgehead atoms. The van der Waals surface area contributed by atoms with Crippen LogP contribution >= 0.6 is 0 Å². The van der Waals surface area contributed by atoms with E-state index in [1.54, 1.807) is 0 Å².